The number of aromatic nitrogens is 2. The van der Waals surface area contributed by atoms with Gasteiger partial charge in [-0.3, -0.25) is 14.4 Å². The normalized spacial score (nSPS) is 16.1. The number of hydrogen-bond donors (Lipinski definition) is 3. The SMILES string of the molecule is CCCNC(=O)CNC(=O)CSc1nc2sc3c(c2c(=O)[nH]1)CC[C@@H](C)C3. The van der Waals surface area contributed by atoms with Crippen LogP contribution in [0.3, 0.4) is 0 Å². The molecule has 9 heteroatoms. The maximum Gasteiger partial charge on any atom is 0.260 e. The van der Waals surface area contributed by atoms with Gasteiger partial charge in [0.1, 0.15) is 4.83 Å². The minimum Gasteiger partial charge on any atom is -0.355 e. The number of carbonyl (C=O) groups excluding carboxylic acids is 2. The van der Waals surface area contributed by atoms with Gasteiger partial charge in [0, 0.05) is 11.4 Å². The summed E-state index contributed by atoms with van der Waals surface area (Å²) in [5, 5.41) is 6.41. The average Bonchev–Trinajstić information content (AvgIpc) is 3.00. The Morgan fingerprint density at radius 2 is 2.15 bits per heavy atom. The summed E-state index contributed by atoms with van der Waals surface area (Å²) in [6.45, 7) is 4.74. The number of aryl methyl sites for hydroxylation is 1. The zero-order chi connectivity index (χ0) is 19.4. The first-order valence-electron chi connectivity index (χ1n) is 9.18. The maximum atomic E-state index is 12.5. The van der Waals surface area contributed by atoms with Gasteiger partial charge in [-0.2, -0.15) is 0 Å². The Labute approximate surface area is 165 Å². The van der Waals surface area contributed by atoms with Gasteiger partial charge in [-0.1, -0.05) is 25.6 Å². The molecule has 7 nitrogen and oxygen atoms in total. The number of aromatic amines is 1. The van der Waals surface area contributed by atoms with E-state index in [1.165, 1.54) is 16.6 Å². The highest BCUT2D eigenvalue weighted by Gasteiger charge is 2.23. The molecule has 0 unspecified atom stereocenters. The smallest absolute Gasteiger partial charge is 0.260 e. The molecule has 0 aliphatic heterocycles. The first-order chi connectivity index (χ1) is 13.0. The Kier molecular flexibility index (Phi) is 6.54. The van der Waals surface area contributed by atoms with Crippen molar-refractivity contribution in [2.45, 2.75) is 44.7 Å². The zero-order valence-corrected chi connectivity index (χ0v) is 17.1. The van der Waals surface area contributed by atoms with E-state index in [1.807, 2.05) is 6.92 Å². The minimum atomic E-state index is -0.270. The summed E-state index contributed by atoms with van der Waals surface area (Å²) in [4.78, 5) is 45.3. The van der Waals surface area contributed by atoms with Crippen molar-refractivity contribution in [2.75, 3.05) is 18.8 Å². The van der Waals surface area contributed by atoms with Crippen LogP contribution >= 0.6 is 23.1 Å². The van der Waals surface area contributed by atoms with Gasteiger partial charge >= 0.3 is 0 Å². The Bertz CT molecular complexity index is 906. The first-order valence-corrected chi connectivity index (χ1v) is 11.0. The molecule has 0 spiro atoms. The highest BCUT2D eigenvalue weighted by molar-refractivity contribution is 7.99. The number of carbonyl (C=O) groups is 2. The van der Waals surface area contributed by atoms with Gasteiger partial charge in [0.15, 0.2) is 5.16 Å². The summed E-state index contributed by atoms with van der Waals surface area (Å²) in [6, 6.07) is 0. The van der Waals surface area contributed by atoms with Crippen LogP contribution in [0.4, 0.5) is 0 Å². The van der Waals surface area contributed by atoms with Crippen LogP contribution in [0.5, 0.6) is 0 Å². The first kappa shape index (κ1) is 19.9. The summed E-state index contributed by atoms with van der Waals surface area (Å²) in [6.07, 6.45) is 3.87. The predicted molar refractivity (Wildman–Crippen MR) is 108 cm³/mol. The number of amides is 2. The van der Waals surface area contributed by atoms with Gasteiger partial charge in [-0.25, -0.2) is 4.98 Å². The fraction of sp³-hybridized carbons (Fsp3) is 0.556. The van der Waals surface area contributed by atoms with Crippen molar-refractivity contribution in [1.29, 1.82) is 0 Å². The number of rotatable bonds is 7. The van der Waals surface area contributed by atoms with Crippen LogP contribution in [0.25, 0.3) is 10.2 Å². The molecule has 0 aromatic carbocycles. The molecule has 146 valence electrons. The van der Waals surface area contributed by atoms with Crippen LogP contribution in [-0.2, 0) is 22.4 Å². The number of H-pyrrole nitrogens is 1. The second-order valence-electron chi connectivity index (χ2n) is 6.82. The molecular formula is C18H24N4O3S2. The van der Waals surface area contributed by atoms with E-state index in [0.29, 0.717) is 23.0 Å². The lowest BCUT2D eigenvalue weighted by atomic mass is 9.89. The van der Waals surface area contributed by atoms with Crippen molar-refractivity contribution in [3.8, 4) is 0 Å². The fourth-order valence-corrected chi connectivity index (χ4v) is 5.22. The van der Waals surface area contributed by atoms with Gasteiger partial charge in [-0.15, -0.1) is 11.3 Å². The predicted octanol–water partition coefficient (Wildman–Crippen LogP) is 1.84. The van der Waals surface area contributed by atoms with Gasteiger partial charge in [0.2, 0.25) is 11.8 Å². The highest BCUT2D eigenvalue weighted by Crippen LogP contribution is 2.36. The molecule has 0 fully saturated rings. The second kappa shape index (κ2) is 8.88. The van der Waals surface area contributed by atoms with E-state index < -0.39 is 0 Å². The lowest BCUT2D eigenvalue weighted by Crippen LogP contribution is -2.37. The Hall–Kier alpha value is -1.87. The number of hydrogen-bond acceptors (Lipinski definition) is 6. The van der Waals surface area contributed by atoms with Gasteiger partial charge in [0.25, 0.3) is 5.56 Å². The Morgan fingerprint density at radius 3 is 2.93 bits per heavy atom. The lowest BCUT2D eigenvalue weighted by molar-refractivity contribution is -0.124. The number of nitrogens with one attached hydrogen (secondary N) is 3. The van der Waals surface area contributed by atoms with Crippen LogP contribution in [0.1, 0.15) is 37.1 Å². The van der Waals surface area contributed by atoms with E-state index in [4.69, 9.17) is 0 Å². The van der Waals surface area contributed by atoms with Crippen molar-refractivity contribution in [2.24, 2.45) is 5.92 Å². The molecular weight excluding hydrogens is 384 g/mol. The van der Waals surface area contributed by atoms with E-state index in [1.54, 1.807) is 11.3 Å². The number of nitrogens with zero attached hydrogens (tertiary/aromatic N) is 1. The molecule has 0 saturated heterocycles. The van der Waals surface area contributed by atoms with Crippen LogP contribution in [0, 0.1) is 5.92 Å². The van der Waals surface area contributed by atoms with Crippen molar-refractivity contribution in [1.82, 2.24) is 20.6 Å². The van der Waals surface area contributed by atoms with Crippen molar-refractivity contribution in [3.63, 3.8) is 0 Å². The van der Waals surface area contributed by atoms with Gasteiger partial charge in [0.05, 0.1) is 17.7 Å². The van der Waals surface area contributed by atoms with Crippen LogP contribution in [0.15, 0.2) is 9.95 Å². The van der Waals surface area contributed by atoms with Crippen molar-refractivity contribution < 1.29 is 9.59 Å². The summed E-state index contributed by atoms with van der Waals surface area (Å²) in [5.74, 6) is 0.254. The van der Waals surface area contributed by atoms with E-state index >= 15 is 0 Å². The molecule has 1 aliphatic rings. The van der Waals surface area contributed by atoms with E-state index in [9.17, 15) is 14.4 Å². The van der Waals surface area contributed by atoms with Crippen LogP contribution in [0.2, 0.25) is 0 Å². The van der Waals surface area contributed by atoms with Crippen molar-refractivity contribution in [3.05, 3.63) is 20.8 Å². The Morgan fingerprint density at radius 1 is 1.33 bits per heavy atom. The molecule has 3 N–H and O–H groups in total. The van der Waals surface area contributed by atoms with Gasteiger partial charge < -0.3 is 15.6 Å². The zero-order valence-electron chi connectivity index (χ0n) is 15.5. The van der Waals surface area contributed by atoms with E-state index in [0.717, 1.165) is 36.1 Å². The third-order valence-electron chi connectivity index (χ3n) is 4.50. The summed E-state index contributed by atoms with van der Waals surface area (Å²) in [7, 11) is 0. The lowest BCUT2D eigenvalue weighted by Gasteiger charge is -2.17. The van der Waals surface area contributed by atoms with E-state index in [2.05, 4.69) is 27.5 Å². The average molecular weight is 409 g/mol. The van der Waals surface area contributed by atoms with Crippen LogP contribution in [-0.4, -0.2) is 40.6 Å². The number of thioether (sulfide) groups is 1. The molecule has 2 heterocycles. The molecule has 2 aromatic rings. The standard InChI is InChI=1S/C18H24N4O3S2/c1-3-6-19-13(23)8-20-14(24)9-26-18-21-16(25)15-11-5-4-10(2)7-12(11)27-17(15)22-18/h10H,3-9H2,1-2H3,(H,19,23)(H,20,24)(H,21,22,25)/t10-/m1/s1. The molecule has 0 saturated carbocycles. The molecule has 0 radical (unpaired) electrons. The third-order valence-corrected chi connectivity index (χ3v) is 6.52. The number of fused-ring (bicyclic) bond motifs is 3. The summed E-state index contributed by atoms with van der Waals surface area (Å²) >= 11 is 2.76. The van der Waals surface area contributed by atoms with E-state index in [-0.39, 0.29) is 29.7 Å². The molecule has 1 aliphatic carbocycles. The van der Waals surface area contributed by atoms with Crippen LogP contribution < -0.4 is 16.2 Å². The summed E-state index contributed by atoms with van der Waals surface area (Å²) in [5.41, 5.74) is 1.02. The molecule has 1 atom stereocenters. The molecule has 27 heavy (non-hydrogen) atoms. The Balaban J connectivity index is 1.62. The largest absolute Gasteiger partial charge is 0.355 e. The molecule has 2 aromatic heterocycles. The van der Waals surface area contributed by atoms with Crippen molar-refractivity contribution >= 4 is 45.1 Å². The molecule has 2 amide bonds. The quantitative estimate of drug-likeness (QED) is 0.479. The molecule has 3 rings (SSSR count). The highest BCUT2D eigenvalue weighted by atomic mass is 32.2. The monoisotopic (exact) mass is 408 g/mol. The van der Waals surface area contributed by atoms with Gasteiger partial charge in [-0.05, 0) is 37.2 Å². The number of thiophene rings is 1. The summed E-state index contributed by atoms with van der Waals surface area (Å²) < 4.78 is 0. The maximum absolute atomic E-state index is 12.5. The third kappa shape index (κ3) is 4.90. The fourth-order valence-electron chi connectivity index (χ4n) is 3.09. The minimum absolute atomic E-state index is 0.0434. The topological polar surface area (TPSA) is 104 Å². The molecule has 0 bridgehead atoms. The second-order valence-corrected chi connectivity index (χ2v) is 8.87.